The number of esters is 2. The van der Waals surface area contributed by atoms with Gasteiger partial charge in [-0.05, 0) is 38.5 Å². The highest BCUT2D eigenvalue weighted by Gasteiger charge is 2.27. The number of ether oxygens (including phenoxy) is 2. The molecule has 0 bridgehead atoms. The average Bonchev–Trinajstić information content (AvgIpc) is 3.21. The molecule has 10 nitrogen and oxygen atoms in total. The zero-order valence-corrected chi connectivity index (χ0v) is 38.4. The molecule has 0 aliphatic rings. The van der Waals surface area contributed by atoms with E-state index in [1.807, 2.05) is 0 Å². The third kappa shape index (κ3) is 42.8. The Morgan fingerprint density at radius 3 is 1.24 bits per heavy atom. The van der Waals surface area contributed by atoms with Gasteiger partial charge >= 0.3 is 19.8 Å². The Kier molecular flexibility index (Phi) is 42.8. The first-order chi connectivity index (χ1) is 28.2. The summed E-state index contributed by atoms with van der Waals surface area (Å²) in [5.74, 6) is -0.913. The molecule has 3 N–H and O–H groups in total. The minimum Gasteiger partial charge on any atom is -0.462 e. The van der Waals surface area contributed by atoms with Gasteiger partial charge in [-0.3, -0.25) is 18.6 Å². The van der Waals surface area contributed by atoms with Crippen LogP contribution in [0.15, 0.2) is 12.2 Å². The van der Waals surface area contributed by atoms with Crippen molar-refractivity contribution in [1.82, 2.24) is 0 Å². The van der Waals surface area contributed by atoms with E-state index >= 15 is 0 Å². The molecule has 3 unspecified atom stereocenters. The average molecular weight is 847 g/mol. The van der Waals surface area contributed by atoms with E-state index in [9.17, 15) is 24.2 Å². The first kappa shape index (κ1) is 56.7. The number of hydrogen-bond acceptors (Lipinski definition) is 9. The summed E-state index contributed by atoms with van der Waals surface area (Å²) in [5, 5.41) is 18.4. The molecule has 3 atom stereocenters. The number of phosphoric acid groups is 1. The molecule has 58 heavy (non-hydrogen) atoms. The molecule has 344 valence electrons. The van der Waals surface area contributed by atoms with Crippen molar-refractivity contribution in [3.05, 3.63) is 12.2 Å². The number of carbonyl (C=O) groups excluding carboxylic acids is 2. The molecular formula is C47H91O10P. The molecule has 0 aromatic heterocycles. The third-order valence-electron chi connectivity index (χ3n) is 10.7. The molecule has 0 radical (unpaired) electrons. The highest BCUT2D eigenvalue weighted by molar-refractivity contribution is 7.47. The summed E-state index contributed by atoms with van der Waals surface area (Å²) in [6.45, 7) is 2.41. The van der Waals surface area contributed by atoms with E-state index in [1.54, 1.807) is 0 Å². The Hall–Kier alpha value is -1.29. The number of rotatable bonds is 46. The van der Waals surface area contributed by atoms with Gasteiger partial charge in [-0.2, -0.15) is 0 Å². The Labute approximate surface area is 356 Å². The largest absolute Gasteiger partial charge is 0.472 e. The quantitative estimate of drug-likeness (QED) is 0.0234. The zero-order chi connectivity index (χ0) is 42.6. The maximum atomic E-state index is 12.6. The fourth-order valence-electron chi connectivity index (χ4n) is 6.93. The SMILES string of the molecule is CCCCCCCCCC/C=C\CCCCCCCCCCCCCC(=O)OC(COC(=O)CCCCCCCCCCCCCC)COP(=O)(O)OCC(O)CO. The van der Waals surface area contributed by atoms with Crippen molar-refractivity contribution >= 4 is 19.8 Å². The fourth-order valence-corrected chi connectivity index (χ4v) is 7.72. The lowest BCUT2D eigenvalue weighted by Gasteiger charge is -2.20. The summed E-state index contributed by atoms with van der Waals surface area (Å²) < 4.78 is 32.8. The predicted molar refractivity (Wildman–Crippen MR) is 238 cm³/mol. The lowest BCUT2D eigenvalue weighted by molar-refractivity contribution is -0.161. The highest BCUT2D eigenvalue weighted by Crippen LogP contribution is 2.43. The number of unbranched alkanes of at least 4 members (excludes halogenated alkanes) is 30. The van der Waals surface area contributed by atoms with Crippen LogP contribution in [0.5, 0.6) is 0 Å². The van der Waals surface area contributed by atoms with Gasteiger partial charge in [-0.1, -0.05) is 199 Å². The van der Waals surface area contributed by atoms with Gasteiger partial charge in [0.15, 0.2) is 6.10 Å². The molecule has 0 aromatic rings. The van der Waals surface area contributed by atoms with Crippen molar-refractivity contribution in [2.24, 2.45) is 0 Å². The van der Waals surface area contributed by atoms with E-state index in [0.717, 1.165) is 38.5 Å². The minimum absolute atomic E-state index is 0.188. The van der Waals surface area contributed by atoms with E-state index in [4.69, 9.17) is 23.6 Å². The van der Waals surface area contributed by atoms with Crippen LogP contribution in [0.3, 0.4) is 0 Å². The smallest absolute Gasteiger partial charge is 0.462 e. The molecule has 0 spiro atoms. The molecule has 0 amide bonds. The van der Waals surface area contributed by atoms with Gasteiger partial charge < -0.3 is 24.6 Å². The van der Waals surface area contributed by atoms with Crippen molar-refractivity contribution in [2.45, 2.75) is 251 Å². The topological polar surface area (TPSA) is 149 Å². The summed E-state index contributed by atoms with van der Waals surface area (Å²) in [7, 11) is -4.61. The van der Waals surface area contributed by atoms with E-state index in [-0.39, 0.29) is 19.4 Å². The van der Waals surface area contributed by atoms with Gasteiger partial charge in [0.2, 0.25) is 0 Å². The monoisotopic (exact) mass is 847 g/mol. The van der Waals surface area contributed by atoms with Crippen molar-refractivity contribution in [3.63, 3.8) is 0 Å². The van der Waals surface area contributed by atoms with Gasteiger partial charge in [-0.25, -0.2) is 4.57 Å². The van der Waals surface area contributed by atoms with Gasteiger partial charge in [0.05, 0.1) is 19.8 Å². The molecule has 0 rings (SSSR count). The summed E-state index contributed by atoms with van der Waals surface area (Å²) >= 11 is 0. The fraction of sp³-hybridized carbons (Fsp3) is 0.915. The van der Waals surface area contributed by atoms with Gasteiger partial charge in [0.25, 0.3) is 0 Å². The molecule has 0 saturated heterocycles. The Morgan fingerprint density at radius 1 is 0.500 bits per heavy atom. The number of hydrogen-bond donors (Lipinski definition) is 3. The van der Waals surface area contributed by atoms with E-state index in [2.05, 4.69) is 26.0 Å². The first-order valence-corrected chi connectivity index (χ1v) is 25.6. The maximum Gasteiger partial charge on any atom is 0.472 e. The summed E-state index contributed by atoms with van der Waals surface area (Å²) in [6, 6.07) is 0. The molecule has 0 aliphatic carbocycles. The van der Waals surface area contributed by atoms with Gasteiger partial charge in [-0.15, -0.1) is 0 Å². The number of phosphoric ester groups is 1. The number of aliphatic hydroxyl groups excluding tert-OH is 2. The number of carbonyl (C=O) groups is 2. The molecule has 0 saturated carbocycles. The van der Waals surface area contributed by atoms with E-state index in [0.29, 0.717) is 12.8 Å². The molecule has 11 heteroatoms. The van der Waals surface area contributed by atoms with Crippen LogP contribution in [-0.4, -0.2) is 65.7 Å². The second-order valence-electron chi connectivity index (χ2n) is 16.5. The second kappa shape index (κ2) is 43.8. The van der Waals surface area contributed by atoms with E-state index < -0.39 is 51.8 Å². The lowest BCUT2D eigenvalue weighted by atomic mass is 10.0. The van der Waals surface area contributed by atoms with Crippen LogP contribution in [0.2, 0.25) is 0 Å². The van der Waals surface area contributed by atoms with Crippen LogP contribution in [-0.2, 0) is 32.7 Å². The lowest BCUT2D eigenvalue weighted by Crippen LogP contribution is -2.29. The van der Waals surface area contributed by atoms with Crippen LogP contribution in [0.1, 0.15) is 239 Å². The Balaban J connectivity index is 4.13. The van der Waals surface area contributed by atoms with Crippen molar-refractivity contribution in [2.75, 3.05) is 26.4 Å². The number of allylic oxidation sites excluding steroid dienone is 2. The Bertz CT molecular complexity index is 977. The maximum absolute atomic E-state index is 12.6. The van der Waals surface area contributed by atoms with Crippen LogP contribution in [0.4, 0.5) is 0 Å². The molecule has 0 fully saturated rings. The van der Waals surface area contributed by atoms with Crippen LogP contribution in [0.25, 0.3) is 0 Å². The molecule has 0 aromatic carbocycles. The normalized spacial score (nSPS) is 13.8. The standard InChI is InChI=1S/C47H91O10P/c1-3-5-7-9-11-13-15-17-18-19-20-21-22-23-24-25-26-27-29-31-33-35-37-39-47(51)57-45(43-56-58(52,53)55-41-44(49)40-48)42-54-46(50)38-36-34-32-30-28-16-14-12-10-8-6-4-2/h19-20,44-45,48-49H,3-18,21-43H2,1-2H3,(H,52,53)/b20-19-. The first-order valence-electron chi connectivity index (χ1n) is 24.1. The molecule has 0 heterocycles. The summed E-state index contributed by atoms with van der Waals surface area (Å²) in [5.41, 5.74) is 0. The second-order valence-corrected chi connectivity index (χ2v) is 17.9. The van der Waals surface area contributed by atoms with Crippen LogP contribution in [0, 0.1) is 0 Å². The van der Waals surface area contributed by atoms with E-state index in [1.165, 1.54) is 161 Å². The van der Waals surface area contributed by atoms with Crippen LogP contribution < -0.4 is 0 Å². The van der Waals surface area contributed by atoms with Crippen molar-refractivity contribution in [3.8, 4) is 0 Å². The number of aliphatic hydroxyl groups is 2. The molecular weight excluding hydrogens is 755 g/mol. The minimum atomic E-state index is -4.61. The highest BCUT2D eigenvalue weighted by atomic mass is 31.2. The summed E-state index contributed by atoms with van der Waals surface area (Å²) in [6.07, 6.45) is 43.3. The van der Waals surface area contributed by atoms with Gasteiger partial charge in [0, 0.05) is 12.8 Å². The molecule has 0 aliphatic heterocycles. The zero-order valence-electron chi connectivity index (χ0n) is 37.5. The van der Waals surface area contributed by atoms with Crippen LogP contribution >= 0.6 is 7.82 Å². The predicted octanol–water partition coefficient (Wildman–Crippen LogP) is 13.2. The third-order valence-corrected chi connectivity index (χ3v) is 11.6. The van der Waals surface area contributed by atoms with Crippen molar-refractivity contribution in [1.29, 1.82) is 0 Å². The summed E-state index contributed by atoms with van der Waals surface area (Å²) in [4.78, 5) is 35.0. The van der Waals surface area contributed by atoms with Crippen molar-refractivity contribution < 1.29 is 47.8 Å². The Morgan fingerprint density at radius 2 is 0.845 bits per heavy atom. The van der Waals surface area contributed by atoms with Gasteiger partial charge in [0.1, 0.15) is 12.7 Å².